The molecule has 0 aliphatic carbocycles. The van der Waals surface area contributed by atoms with Gasteiger partial charge in [0.2, 0.25) is 0 Å². The van der Waals surface area contributed by atoms with Crippen LogP contribution in [0.1, 0.15) is 32.0 Å². The molecule has 0 saturated carbocycles. The van der Waals surface area contributed by atoms with Crippen molar-refractivity contribution in [2.75, 3.05) is 14.2 Å². The molecule has 0 saturated heterocycles. The molecule has 2 heterocycles. The van der Waals surface area contributed by atoms with Crippen LogP contribution in [-0.4, -0.2) is 35.9 Å². The van der Waals surface area contributed by atoms with Crippen LogP contribution < -0.4 is 9.47 Å². The topological polar surface area (TPSA) is 68.7 Å². The lowest BCUT2D eigenvalue weighted by atomic mass is 10.0. The number of methoxy groups -OCH3 is 2. The summed E-state index contributed by atoms with van der Waals surface area (Å²) in [6.45, 7) is 1.89. The van der Waals surface area contributed by atoms with Gasteiger partial charge in [0, 0.05) is 11.5 Å². The van der Waals surface area contributed by atoms with Crippen molar-refractivity contribution in [2.45, 2.75) is 13.5 Å². The highest BCUT2D eigenvalue weighted by atomic mass is 16.5. The summed E-state index contributed by atoms with van der Waals surface area (Å²) in [7, 11) is 3.11. The molecule has 1 aromatic heterocycles. The number of amides is 2. The summed E-state index contributed by atoms with van der Waals surface area (Å²) in [6.07, 6.45) is 0. The minimum atomic E-state index is -0.326. The first-order chi connectivity index (χ1) is 13.0. The highest BCUT2D eigenvalue weighted by Gasteiger charge is 2.39. The van der Waals surface area contributed by atoms with Crippen LogP contribution in [0.25, 0.3) is 10.9 Å². The van der Waals surface area contributed by atoms with Gasteiger partial charge in [0.05, 0.1) is 43.1 Å². The Balaban J connectivity index is 1.78. The number of ether oxygens (including phenoxy) is 2. The van der Waals surface area contributed by atoms with Gasteiger partial charge in [0.25, 0.3) is 11.8 Å². The Hall–Kier alpha value is -3.41. The molecule has 0 spiro atoms. The zero-order valence-corrected chi connectivity index (χ0v) is 15.3. The van der Waals surface area contributed by atoms with Gasteiger partial charge >= 0.3 is 0 Å². The Kier molecular flexibility index (Phi) is 4.03. The summed E-state index contributed by atoms with van der Waals surface area (Å²) < 4.78 is 10.6. The Morgan fingerprint density at radius 2 is 1.56 bits per heavy atom. The maximum atomic E-state index is 13.1. The van der Waals surface area contributed by atoms with Crippen LogP contribution in [0, 0.1) is 6.92 Å². The maximum Gasteiger partial charge on any atom is 0.263 e. The summed E-state index contributed by atoms with van der Waals surface area (Å²) in [6, 6.07) is 12.7. The van der Waals surface area contributed by atoms with Gasteiger partial charge in [0.15, 0.2) is 0 Å². The van der Waals surface area contributed by atoms with E-state index in [1.165, 1.54) is 4.90 Å². The van der Waals surface area contributed by atoms with Crippen molar-refractivity contribution in [1.29, 1.82) is 0 Å². The van der Waals surface area contributed by atoms with E-state index in [9.17, 15) is 9.59 Å². The Bertz CT molecular complexity index is 1070. The van der Waals surface area contributed by atoms with E-state index in [0.29, 0.717) is 39.2 Å². The first-order valence-corrected chi connectivity index (χ1v) is 8.51. The van der Waals surface area contributed by atoms with Gasteiger partial charge in [-0.1, -0.05) is 18.2 Å². The molecule has 2 amide bonds. The van der Waals surface area contributed by atoms with Gasteiger partial charge in [-0.3, -0.25) is 19.5 Å². The van der Waals surface area contributed by atoms with Gasteiger partial charge in [0.1, 0.15) is 11.5 Å². The molecule has 0 radical (unpaired) electrons. The van der Waals surface area contributed by atoms with Gasteiger partial charge in [-0.15, -0.1) is 0 Å². The Morgan fingerprint density at radius 3 is 2.22 bits per heavy atom. The van der Waals surface area contributed by atoms with E-state index in [4.69, 9.17) is 9.47 Å². The van der Waals surface area contributed by atoms with Crippen molar-refractivity contribution in [3.63, 3.8) is 0 Å². The van der Waals surface area contributed by atoms with Gasteiger partial charge in [-0.25, -0.2) is 0 Å². The molecule has 0 N–H and O–H groups in total. The number of carbonyl (C=O) groups is 2. The van der Waals surface area contributed by atoms with E-state index < -0.39 is 0 Å². The molecule has 2 aromatic carbocycles. The van der Waals surface area contributed by atoms with Crippen molar-refractivity contribution in [2.24, 2.45) is 0 Å². The number of hydrogen-bond acceptors (Lipinski definition) is 5. The van der Waals surface area contributed by atoms with Crippen molar-refractivity contribution >= 4 is 22.7 Å². The Morgan fingerprint density at radius 1 is 0.926 bits per heavy atom. The van der Waals surface area contributed by atoms with Crippen molar-refractivity contribution in [3.05, 3.63) is 64.8 Å². The van der Waals surface area contributed by atoms with Crippen molar-refractivity contribution in [3.8, 4) is 11.5 Å². The van der Waals surface area contributed by atoms with Crippen LogP contribution in [0.3, 0.4) is 0 Å². The van der Waals surface area contributed by atoms with Crippen LogP contribution in [0.4, 0.5) is 0 Å². The minimum Gasteiger partial charge on any atom is -0.497 e. The predicted octanol–water partition coefficient (Wildman–Crippen LogP) is 3.36. The predicted molar refractivity (Wildman–Crippen MR) is 100 cm³/mol. The van der Waals surface area contributed by atoms with Crippen LogP contribution in [0.15, 0.2) is 42.5 Å². The fourth-order valence-electron chi connectivity index (χ4n) is 3.46. The molecule has 0 fully saturated rings. The SMILES string of the molecule is COc1cc(CN2C(=O)c3c(C)nc4ccccc4c3C2=O)cc(OC)c1. The number of benzene rings is 2. The third kappa shape index (κ3) is 2.70. The average molecular weight is 362 g/mol. The number of fused-ring (bicyclic) bond motifs is 3. The number of aryl methyl sites for hydroxylation is 1. The molecule has 1 aliphatic heterocycles. The smallest absolute Gasteiger partial charge is 0.263 e. The standard InChI is InChI=1S/C21H18N2O4/c1-12-18-19(16-6-4-5-7-17(16)22-12)21(25)23(20(18)24)11-13-8-14(26-2)10-15(9-13)27-3/h4-10H,11H2,1-3H3. The molecular weight excluding hydrogens is 344 g/mol. The molecule has 0 atom stereocenters. The van der Waals surface area contributed by atoms with Crippen molar-refractivity contribution in [1.82, 2.24) is 9.88 Å². The van der Waals surface area contributed by atoms with Crippen LogP contribution in [0.5, 0.6) is 11.5 Å². The number of nitrogens with zero attached hydrogens (tertiary/aromatic N) is 2. The molecule has 0 bridgehead atoms. The van der Waals surface area contributed by atoms with Crippen LogP contribution in [-0.2, 0) is 6.54 Å². The number of imide groups is 1. The van der Waals surface area contributed by atoms with Crippen molar-refractivity contribution < 1.29 is 19.1 Å². The molecule has 136 valence electrons. The summed E-state index contributed by atoms with van der Waals surface area (Å²) in [5.74, 6) is 0.569. The summed E-state index contributed by atoms with van der Waals surface area (Å²) in [4.78, 5) is 31.8. The fourth-order valence-corrected chi connectivity index (χ4v) is 3.46. The average Bonchev–Trinajstić information content (AvgIpc) is 2.93. The summed E-state index contributed by atoms with van der Waals surface area (Å²) in [5.41, 5.74) is 2.83. The summed E-state index contributed by atoms with van der Waals surface area (Å²) >= 11 is 0. The van der Waals surface area contributed by atoms with Gasteiger partial charge in [-0.2, -0.15) is 0 Å². The summed E-state index contributed by atoms with van der Waals surface area (Å²) in [5, 5.41) is 0.696. The number of aromatic nitrogens is 1. The van der Waals surface area contributed by atoms with E-state index in [2.05, 4.69) is 4.98 Å². The molecule has 0 unspecified atom stereocenters. The van der Waals surface area contributed by atoms with E-state index in [1.54, 1.807) is 39.3 Å². The van der Waals surface area contributed by atoms with Gasteiger partial charge < -0.3 is 9.47 Å². The maximum absolute atomic E-state index is 13.1. The molecule has 4 rings (SSSR count). The fraction of sp³-hybridized carbons (Fsp3) is 0.190. The Labute approximate surface area is 156 Å². The number of hydrogen-bond donors (Lipinski definition) is 0. The highest BCUT2D eigenvalue weighted by molar-refractivity contribution is 6.26. The molecule has 3 aromatic rings. The lowest BCUT2D eigenvalue weighted by Crippen LogP contribution is -2.29. The lowest BCUT2D eigenvalue weighted by molar-refractivity contribution is 0.0642. The second-order valence-corrected chi connectivity index (χ2v) is 6.38. The van der Waals surface area contributed by atoms with E-state index in [1.807, 2.05) is 24.3 Å². The highest BCUT2D eigenvalue weighted by Crippen LogP contribution is 2.33. The third-order valence-electron chi connectivity index (χ3n) is 4.74. The first kappa shape index (κ1) is 17.0. The lowest BCUT2D eigenvalue weighted by Gasteiger charge is -2.15. The van der Waals surface area contributed by atoms with E-state index in [0.717, 1.165) is 5.56 Å². The van der Waals surface area contributed by atoms with Crippen LogP contribution >= 0.6 is 0 Å². The third-order valence-corrected chi connectivity index (χ3v) is 4.74. The molecular formula is C21H18N2O4. The molecule has 1 aliphatic rings. The largest absolute Gasteiger partial charge is 0.497 e. The number of pyridine rings is 1. The number of para-hydroxylation sites is 1. The number of rotatable bonds is 4. The van der Waals surface area contributed by atoms with E-state index in [-0.39, 0.29) is 18.4 Å². The first-order valence-electron chi connectivity index (χ1n) is 8.51. The monoisotopic (exact) mass is 362 g/mol. The molecule has 6 heteroatoms. The molecule has 27 heavy (non-hydrogen) atoms. The number of carbonyl (C=O) groups excluding carboxylic acids is 2. The van der Waals surface area contributed by atoms with E-state index >= 15 is 0 Å². The minimum absolute atomic E-state index is 0.133. The van der Waals surface area contributed by atoms with Gasteiger partial charge in [-0.05, 0) is 30.7 Å². The normalized spacial score (nSPS) is 13.2. The second kappa shape index (κ2) is 6.39. The quantitative estimate of drug-likeness (QED) is 0.666. The molecule has 6 nitrogen and oxygen atoms in total. The zero-order valence-electron chi connectivity index (χ0n) is 15.3. The van der Waals surface area contributed by atoms with Crippen LogP contribution in [0.2, 0.25) is 0 Å². The second-order valence-electron chi connectivity index (χ2n) is 6.38. The zero-order chi connectivity index (χ0) is 19.1.